The number of imidazole rings is 1. The van der Waals surface area contributed by atoms with Crippen molar-refractivity contribution in [1.82, 2.24) is 14.9 Å². The van der Waals surface area contributed by atoms with Crippen LogP contribution in [0.15, 0.2) is 48.5 Å². The van der Waals surface area contributed by atoms with Crippen molar-refractivity contribution in [2.75, 3.05) is 20.3 Å². The highest BCUT2D eigenvalue weighted by atomic mass is 16.5. The summed E-state index contributed by atoms with van der Waals surface area (Å²) < 4.78 is 13.2. The minimum atomic E-state index is 0.263. The highest BCUT2D eigenvalue weighted by Gasteiger charge is 2.23. The third-order valence-corrected chi connectivity index (χ3v) is 4.44. The summed E-state index contributed by atoms with van der Waals surface area (Å²) in [5.41, 5.74) is 3.47. The number of fused-ring (bicyclic) bond motifs is 3. The van der Waals surface area contributed by atoms with Gasteiger partial charge < -0.3 is 19.4 Å². The molecule has 4 rings (SSSR count). The van der Waals surface area contributed by atoms with Crippen LogP contribution in [0.5, 0.6) is 5.75 Å². The molecular weight excluding hydrogens is 302 g/mol. The molecule has 0 amide bonds. The zero-order valence-corrected chi connectivity index (χ0v) is 13.7. The van der Waals surface area contributed by atoms with Gasteiger partial charge in [0, 0.05) is 13.1 Å². The zero-order chi connectivity index (χ0) is 16.4. The third-order valence-electron chi connectivity index (χ3n) is 4.44. The van der Waals surface area contributed by atoms with E-state index in [-0.39, 0.29) is 6.04 Å². The quantitative estimate of drug-likeness (QED) is 0.784. The number of nitrogens with zero attached hydrogens (tertiary/aromatic N) is 2. The van der Waals surface area contributed by atoms with Crippen LogP contribution < -0.4 is 10.1 Å². The van der Waals surface area contributed by atoms with Gasteiger partial charge in [-0.25, -0.2) is 4.98 Å². The summed E-state index contributed by atoms with van der Waals surface area (Å²) in [6.07, 6.45) is 0. The lowest BCUT2D eigenvalue weighted by Crippen LogP contribution is -2.32. The van der Waals surface area contributed by atoms with Crippen LogP contribution in [0.25, 0.3) is 11.0 Å². The van der Waals surface area contributed by atoms with Crippen LogP contribution in [0.4, 0.5) is 0 Å². The Morgan fingerprint density at radius 3 is 2.88 bits per heavy atom. The largest absolute Gasteiger partial charge is 0.497 e. The fourth-order valence-electron chi connectivity index (χ4n) is 3.24. The molecule has 124 valence electrons. The normalized spacial score (nSPS) is 17.0. The van der Waals surface area contributed by atoms with E-state index >= 15 is 0 Å². The summed E-state index contributed by atoms with van der Waals surface area (Å²) in [6, 6.07) is 16.7. The second-order valence-electron chi connectivity index (χ2n) is 6.03. The van der Waals surface area contributed by atoms with Gasteiger partial charge >= 0.3 is 0 Å². The Morgan fingerprint density at radius 2 is 2.04 bits per heavy atom. The van der Waals surface area contributed by atoms with Crippen LogP contribution in [0, 0.1) is 0 Å². The van der Waals surface area contributed by atoms with Crippen molar-refractivity contribution in [3.05, 3.63) is 59.9 Å². The van der Waals surface area contributed by atoms with Crippen molar-refractivity contribution < 1.29 is 9.47 Å². The Morgan fingerprint density at radius 1 is 1.21 bits per heavy atom. The molecule has 2 aromatic carbocycles. The van der Waals surface area contributed by atoms with E-state index in [4.69, 9.17) is 9.47 Å². The van der Waals surface area contributed by atoms with Crippen molar-refractivity contribution in [3.63, 3.8) is 0 Å². The van der Waals surface area contributed by atoms with E-state index in [1.807, 2.05) is 18.2 Å². The monoisotopic (exact) mass is 323 g/mol. The number of benzene rings is 2. The number of rotatable bonds is 5. The van der Waals surface area contributed by atoms with Gasteiger partial charge in [0.05, 0.1) is 30.8 Å². The van der Waals surface area contributed by atoms with E-state index in [1.165, 1.54) is 11.1 Å². The molecule has 1 atom stereocenters. The molecule has 1 aromatic heterocycles. The highest BCUT2D eigenvalue weighted by Crippen LogP contribution is 2.25. The Balaban J connectivity index is 1.46. The number of nitrogens with one attached hydrogen (secondary N) is 1. The second kappa shape index (κ2) is 6.63. The number of hydrogen-bond acceptors (Lipinski definition) is 4. The molecule has 2 heterocycles. The summed E-state index contributed by atoms with van der Waals surface area (Å²) in [5.74, 6) is 1.90. The first-order chi connectivity index (χ1) is 11.8. The first-order valence-electron chi connectivity index (χ1n) is 8.22. The molecule has 5 heteroatoms. The third kappa shape index (κ3) is 2.88. The van der Waals surface area contributed by atoms with Crippen molar-refractivity contribution in [1.29, 1.82) is 0 Å². The van der Waals surface area contributed by atoms with Crippen LogP contribution in [0.3, 0.4) is 0 Å². The van der Waals surface area contributed by atoms with Crippen molar-refractivity contribution >= 4 is 11.0 Å². The fourth-order valence-corrected chi connectivity index (χ4v) is 3.24. The first-order valence-corrected chi connectivity index (χ1v) is 8.22. The molecule has 0 aliphatic carbocycles. The number of hydrogen-bond donors (Lipinski definition) is 1. The summed E-state index contributed by atoms with van der Waals surface area (Å²) in [6.45, 7) is 2.97. The van der Waals surface area contributed by atoms with Crippen LogP contribution in [0.2, 0.25) is 0 Å². The number of para-hydroxylation sites is 2. The summed E-state index contributed by atoms with van der Waals surface area (Å²) in [7, 11) is 1.68. The maximum atomic E-state index is 5.73. The average molecular weight is 323 g/mol. The minimum absolute atomic E-state index is 0.263. The molecule has 0 unspecified atom stereocenters. The number of ether oxygens (including phenoxy) is 2. The van der Waals surface area contributed by atoms with Gasteiger partial charge in [-0.2, -0.15) is 0 Å². The van der Waals surface area contributed by atoms with Gasteiger partial charge in [0.15, 0.2) is 0 Å². The topological polar surface area (TPSA) is 48.3 Å². The lowest BCUT2D eigenvalue weighted by atomic mass is 10.2. The van der Waals surface area contributed by atoms with E-state index < -0.39 is 0 Å². The lowest BCUT2D eigenvalue weighted by Gasteiger charge is -2.26. The Kier molecular flexibility index (Phi) is 4.19. The smallest absolute Gasteiger partial charge is 0.136 e. The molecule has 0 bridgehead atoms. The molecule has 0 saturated heterocycles. The molecular formula is C19H21N3O2. The zero-order valence-electron chi connectivity index (χ0n) is 13.7. The Bertz CT molecular complexity index is 826. The minimum Gasteiger partial charge on any atom is -0.497 e. The van der Waals surface area contributed by atoms with E-state index in [2.05, 4.69) is 45.2 Å². The van der Waals surface area contributed by atoms with Gasteiger partial charge in [-0.05, 0) is 29.8 Å². The standard InChI is InChI=1S/C19H21N3O2/c1-23-16-8-6-14(7-9-16)10-20-11-15-12-24-13-19-21-17-4-2-3-5-18(17)22(15)19/h2-9,15,20H,10-13H2,1H3/t15-/m0/s1. The summed E-state index contributed by atoms with van der Waals surface area (Å²) in [4.78, 5) is 4.69. The summed E-state index contributed by atoms with van der Waals surface area (Å²) in [5, 5.41) is 3.53. The molecule has 24 heavy (non-hydrogen) atoms. The SMILES string of the molecule is COc1ccc(CNC[C@H]2COCc3nc4ccccc4n32)cc1. The molecule has 0 saturated carbocycles. The van der Waals surface area contributed by atoms with Crippen LogP contribution in [-0.2, 0) is 17.9 Å². The van der Waals surface area contributed by atoms with Crippen molar-refractivity contribution in [2.24, 2.45) is 0 Å². The highest BCUT2D eigenvalue weighted by molar-refractivity contribution is 5.76. The molecule has 3 aromatic rings. The van der Waals surface area contributed by atoms with Gasteiger partial charge in [-0.1, -0.05) is 24.3 Å². The van der Waals surface area contributed by atoms with E-state index in [9.17, 15) is 0 Å². The van der Waals surface area contributed by atoms with Gasteiger partial charge in [0.2, 0.25) is 0 Å². The van der Waals surface area contributed by atoms with Crippen molar-refractivity contribution in [2.45, 2.75) is 19.2 Å². The maximum Gasteiger partial charge on any atom is 0.136 e. The Labute approximate surface area is 141 Å². The molecule has 5 nitrogen and oxygen atoms in total. The molecule has 0 radical (unpaired) electrons. The predicted octanol–water partition coefficient (Wildman–Crippen LogP) is 2.91. The molecule has 1 aliphatic rings. The first kappa shape index (κ1) is 15.2. The molecule has 1 N–H and O–H groups in total. The van der Waals surface area contributed by atoms with Crippen LogP contribution in [-0.4, -0.2) is 29.8 Å². The molecule has 0 spiro atoms. The van der Waals surface area contributed by atoms with Crippen LogP contribution in [0.1, 0.15) is 17.4 Å². The average Bonchev–Trinajstić information content (AvgIpc) is 3.02. The van der Waals surface area contributed by atoms with Crippen LogP contribution >= 0.6 is 0 Å². The van der Waals surface area contributed by atoms with E-state index in [0.29, 0.717) is 13.2 Å². The van der Waals surface area contributed by atoms with Gasteiger partial charge in [0.25, 0.3) is 0 Å². The fraction of sp³-hybridized carbons (Fsp3) is 0.316. The number of methoxy groups -OCH3 is 1. The maximum absolute atomic E-state index is 5.73. The number of aromatic nitrogens is 2. The van der Waals surface area contributed by atoms with Gasteiger partial charge in [0.1, 0.15) is 18.2 Å². The lowest BCUT2D eigenvalue weighted by molar-refractivity contribution is 0.0564. The predicted molar refractivity (Wildman–Crippen MR) is 93.1 cm³/mol. The molecule has 1 aliphatic heterocycles. The van der Waals surface area contributed by atoms with E-state index in [1.54, 1.807) is 7.11 Å². The van der Waals surface area contributed by atoms with Gasteiger partial charge in [-0.3, -0.25) is 0 Å². The Hall–Kier alpha value is -2.37. The van der Waals surface area contributed by atoms with Crippen molar-refractivity contribution in [3.8, 4) is 5.75 Å². The second-order valence-corrected chi connectivity index (χ2v) is 6.03. The van der Waals surface area contributed by atoms with E-state index in [0.717, 1.165) is 30.2 Å². The summed E-state index contributed by atoms with van der Waals surface area (Å²) >= 11 is 0. The van der Waals surface area contributed by atoms with Gasteiger partial charge in [-0.15, -0.1) is 0 Å². The molecule has 0 fully saturated rings.